The van der Waals surface area contributed by atoms with Crippen molar-refractivity contribution in [3.63, 3.8) is 0 Å². The average Bonchev–Trinajstić information content (AvgIpc) is 2.32. The van der Waals surface area contributed by atoms with Crippen LogP contribution >= 0.6 is 0 Å². The average molecular weight is 216 g/mol. The van der Waals surface area contributed by atoms with Gasteiger partial charge in [0.25, 0.3) is 0 Å². The van der Waals surface area contributed by atoms with Crippen molar-refractivity contribution >= 4 is 5.69 Å². The van der Waals surface area contributed by atoms with E-state index in [-0.39, 0.29) is 0 Å². The Hall–Kier alpha value is -1.60. The number of rotatable bonds is 2. The van der Waals surface area contributed by atoms with Crippen molar-refractivity contribution in [2.45, 2.75) is 31.8 Å². The Morgan fingerprint density at radius 3 is 3.25 bits per heavy atom. The fraction of sp³-hybridized carbons (Fsp3) is 0.500. The first kappa shape index (κ1) is 10.9. The Labute approximate surface area is 95.7 Å². The Balaban J connectivity index is 2.05. The molecular formula is C12H16N4. The lowest BCUT2D eigenvalue weighted by atomic mass is 9.99. The molecular weight excluding hydrogens is 200 g/mol. The third kappa shape index (κ3) is 2.50. The van der Waals surface area contributed by atoms with Crippen molar-refractivity contribution in [2.24, 2.45) is 0 Å². The second-order valence-electron chi connectivity index (χ2n) is 4.18. The number of nitriles is 1. The lowest BCUT2D eigenvalue weighted by Crippen LogP contribution is -2.46. The van der Waals surface area contributed by atoms with Crippen LogP contribution in [0.25, 0.3) is 0 Å². The van der Waals surface area contributed by atoms with Gasteiger partial charge in [-0.15, -0.1) is 0 Å². The van der Waals surface area contributed by atoms with Gasteiger partial charge in [0, 0.05) is 24.0 Å². The molecule has 16 heavy (non-hydrogen) atoms. The smallest absolute Gasteiger partial charge is 0.142 e. The molecule has 0 saturated carbocycles. The molecule has 0 amide bonds. The number of hydrogen-bond acceptors (Lipinski definition) is 4. The molecule has 0 aromatic carbocycles. The first-order valence-corrected chi connectivity index (χ1v) is 5.65. The number of anilines is 1. The second kappa shape index (κ2) is 4.95. The predicted molar refractivity (Wildman–Crippen MR) is 63.1 cm³/mol. The van der Waals surface area contributed by atoms with Crippen LogP contribution in [0.3, 0.4) is 0 Å². The zero-order chi connectivity index (χ0) is 11.4. The molecule has 2 unspecified atom stereocenters. The summed E-state index contributed by atoms with van der Waals surface area (Å²) in [5.74, 6) is 0. The molecule has 0 aliphatic carbocycles. The molecule has 0 spiro atoms. The highest BCUT2D eigenvalue weighted by Gasteiger charge is 2.20. The van der Waals surface area contributed by atoms with Crippen LogP contribution in [0.2, 0.25) is 0 Å². The van der Waals surface area contributed by atoms with E-state index in [1.165, 1.54) is 12.8 Å². The molecule has 1 aliphatic heterocycles. The van der Waals surface area contributed by atoms with Crippen LogP contribution in [0.5, 0.6) is 0 Å². The summed E-state index contributed by atoms with van der Waals surface area (Å²) < 4.78 is 0. The number of hydrogen-bond donors (Lipinski definition) is 2. The summed E-state index contributed by atoms with van der Waals surface area (Å²) in [6.07, 6.45) is 4.03. The lowest BCUT2D eigenvalue weighted by Gasteiger charge is -2.31. The van der Waals surface area contributed by atoms with Crippen LogP contribution in [0.15, 0.2) is 18.3 Å². The van der Waals surface area contributed by atoms with Gasteiger partial charge in [-0.05, 0) is 38.4 Å². The highest BCUT2D eigenvalue weighted by Crippen LogP contribution is 2.15. The first-order chi connectivity index (χ1) is 7.79. The zero-order valence-electron chi connectivity index (χ0n) is 9.40. The molecule has 4 nitrogen and oxygen atoms in total. The van der Waals surface area contributed by atoms with Gasteiger partial charge in [-0.25, -0.2) is 4.98 Å². The number of nitrogens with one attached hydrogen (secondary N) is 2. The Morgan fingerprint density at radius 2 is 2.50 bits per heavy atom. The van der Waals surface area contributed by atoms with Crippen LogP contribution in [0, 0.1) is 11.3 Å². The van der Waals surface area contributed by atoms with Crippen molar-refractivity contribution in [1.29, 1.82) is 5.26 Å². The summed E-state index contributed by atoms with van der Waals surface area (Å²) in [6.45, 7) is 3.28. The fourth-order valence-electron chi connectivity index (χ4n) is 2.04. The van der Waals surface area contributed by atoms with Gasteiger partial charge >= 0.3 is 0 Å². The number of piperidine rings is 1. The first-order valence-electron chi connectivity index (χ1n) is 5.65. The normalized spacial score (nSPS) is 24.8. The van der Waals surface area contributed by atoms with Gasteiger partial charge in [-0.1, -0.05) is 0 Å². The quantitative estimate of drug-likeness (QED) is 0.786. The summed E-state index contributed by atoms with van der Waals surface area (Å²) in [5, 5.41) is 15.7. The maximum Gasteiger partial charge on any atom is 0.142 e. The molecule has 2 atom stereocenters. The Morgan fingerprint density at radius 1 is 1.62 bits per heavy atom. The third-order valence-corrected chi connectivity index (χ3v) is 2.99. The molecule has 1 fully saturated rings. The topological polar surface area (TPSA) is 60.7 Å². The van der Waals surface area contributed by atoms with Crippen LogP contribution in [-0.4, -0.2) is 23.6 Å². The maximum atomic E-state index is 8.77. The van der Waals surface area contributed by atoms with Crippen LogP contribution in [0.1, 0.15) is 25.5 Å². The lowest BCUT2D eigenvalue weighted by molar-refractivity contribution is 0.389. The van der Waals surface area contributed by atoms with Crippen molar-refractivity contribution in [3.8, 4) is 6.07 Å². The van der Waals surface area contributed by atoms with E-state index in [4.69, 9.17) is 5.26 Å². The van der Waals surface area contributed by atoms with Gasteiger partial charge in [-0.3, -0.25) is 0 Å². The molecule has 0 bridgehead atoms. The highest BCUT2D eigenvalue weighted by atomic mass is 15.0. The molecule has 1 aliphatic rings. The van der Waals surface area contributed by atoms with E-state index in [1.807, 2.05) is 12.1 Å². The van der Waals surface area contributed by atoms with Crippen molar-refractivity contribution in [1.82, 2.24) is 10.3 Å². The molecule has 1 saturated heterocycles. The van der Waals surface area contributed by atoms with Gasteiger partial charge in [0.2, 0.25) is 0 Å². The van der Waals surface area contributed by atoms with E-state index in [0.717, 1.165) is 12.2 Å². The van der Waals surface area contributed by atoms with Crippen molar-refractivity contribution in [3.05, 3.63) is 24.0 Å². The van der Waals surface area contributed by atoms with E-state index in [2.05, 4.69) is 22.5 Å². The minimum absolute atomic E-state index is 0.433. The van der Waals surface area contributed by atoms with E-state index >= 15 is 0 Å². The molecule has 84 valence electrons. The molecule has 2 rings (SSSR count). The van der Waals surface area contributed by atoms with Gasteiger partial charge in [0.15, 0.2) is 0 Å². The molecule has 2 heterocycles. The molecule has 2 N–H and O–H groups in total. The maximum absolute atomic E-state index is 8.77. The Kier molecular flexibility index (Phi) is 3.37. The number of aromatic nitrogens is 1. The van der Waals surface area contributed by atoms with Gasteiger partial charge in [0.05, 0.1) is 0 Å². The fourth-order valence-corrected chi connectivity index (χ4v) is 2.04. The largest absolute Gasteiger partial charge is 0.381 e. The summed E-state index contributed by atoms with van der Waals surface area (Å²) in [7, 11) is 0. The summed E-state index contributed by atoms with van der Waals surface area (Å²) in [5.41, 5.74) is 1.44. The minimum Gasteiger partial charge on any atom is -0.381 e. The van der Waals surface area contributed by atoms with E-state index in [0.29, 0.717) is 17.8 Å². The predicted octanol–water partition coefficient (Wildman–Crippen LogP) is 1.51. The molecule has 1 aromatic rings. The monoisotopic (exact) mass is 216 g/mol. The van der Waals surface area contributed by atoms with Gasteiger partial charge < -0.3 is 10.6 Å². The molecule has 4 heteroatoms. The highest BCUT2D eigenvalue weighted by molar-refractivity contribution is 5.47. The van der Waals surface area contributed by atoms with Crippen molar-refractivity contribution in [2.75, 3.05) is 11.9 Å². The van der Waals surface area contributed by atoms with Crippen LogP contribution in [0.4, 0.5) is 5.69 Å². The SMILES string of the molecule is CC1NCCCC1Nc1ccnc(C#N)c1. The third-order valence-electron chi connectivity index (χ3n) is 2.99. The van der Waals surface area contributed by atoms with E-state index in [1.54, 1.807) is 12.3 Å². The van der Waals surface area contributed by atoms with Crippen LogP contribution < -0.4 is 10.6 Å². The van der Waals surface area contributed by atoms with E-state index < -0.39 is 0 Å². The minimum atomic E-state index is 0.433. The zero-order valence-corrected chi connectivity index (χ0v) is 9.40. The number of pyridine rings is 1. The molecule has 1 aromatic heterocycles. The van der Waals surface area contributed by atoms with E-state index in [9.17, 15) is 0 Å². The van der Waals surface area contributed by atoms with Gasteiger partial charge in [-0.2, -0.15) is 5.26 Å². The van der Waals surface area contributed by atoms with Gasteiger partial charge in [0.1, 0.15) is 11.8 Å². The second-order valence-corrected chi connectivity index (χ2v) is 4.18. The van der Waals surface area contributed by atoms with Crippen LogP contribution in [-0.2, 0) is 0 Å². The summed E-state index contributed by atoms with van der Waals surface area (Å²) >= 11 is 0. The summed E-state index contributed by atoms with van der Waals surface area (Å²) in [6, 6.07) is 6.65. The number of nitrogens with zero attached hydrogens (tertiary/aromatic N) is 2. The standard InChI is InChI=1S/C12H16N4/c1-9-12(3-2-5-14-9)16-10-4-6-15-11(7-10)8-13/h4,6-7,9,12,14H,2-3,5H2,1H3,(H,15,16). The Bertz CT molecular complexity index is 396. The molecule has 0 radical (unpaired) electrons. The summed E-state index contributed by atoms with van der Waals surface area (Å²) in [4.78, 5) is 3.95. The van der Waals surface area contributed by atoms with Crippen molar-refractivity contribution < 1.29 is 0 Å².